The lowest BCUT2D eigenvalue weighted by molar-refractivity contribution is 0.102. The number of aromatic nitrogens is 3. The quantitative estimate of drug-likeness (QED) is 0.412. The molecule has 0 bridgehead atoms. The maximum Gasteiger partial charge on any atom is 0.191 e. The predicted octanol–water partition coefficient (Wildman–Crippen LogP) is 4.39. The number of thioether (sulfide) groups is 1. The average molecular weight is 404 g/mol. The predicted molar refractivity (Wildman–Crippen MR) is 103 cm³/mol. The number of nitrogens with zero attached hydrogens (tertiary/aromatic N) is 3. The molecule has 4 rings (SSSR count). The van der Waals surface area contributed by atoms with Crippen molar-refractivity contribution < 1.29 is 13.9 Å². The first kappa shape index (κ1) is 18.2. The van der Waals surface area contributed by atoms with Crippen molar-refractivity contribution in [3.63, 3.8) is 0 Å². The monoisotopic (exact) mass is 403 g/mol. The second-order valence-corrected chi connectivity index (χ2v) is 8.29. The van der Waals surface area contributed by atoms with E-state index in [1.807, 2.05) is 6.07 Å². The minimum absolute atomic E-state index is 0.130. The van der Waals surface area contributed by atoms with E-state index in [4.69, 9.17) is 4.74 Å². The van der Waals surface area contributed by atoms with Crippen molar-refractivity contribution >= 4 is 28.9 Å². The molecule has 0 radical (unpaired) electrons. The smallest absolute Gasteiger partial charge is 0.191 e. The van der Waals surface area contributed by atoms with E-state index in [0.29, 0.717) is 11.6 Å². The molecule has 2 aromatic heterocycles. The highest BCUT2D eigenvalue weighted by molar-refractivity contribution is 7.99. The van der Waals surface area contributed by atoms with Gasteiger partial charge in [0.05, 0.1) is 12.9 Å². The number of thiophene rings is 1. The number of carbonyl (C=O) groups excluding carboxylic acids is 1. The van der Waals surface area contributed by atoms with E-state index in [2.05, 4.69) is 26.2 Å². The van der Waals surface area contributed by atoms with Crippen molar-refractivity contribution in [1.29, 1.82) is 0 Å². The molecule has 0 saturated heterocycles. The number of Topliss-reactive ketones (excluding diaryl/α,β-unsaturated/α-hetero) is 1. The molecule has 2 heterocycles. The zero-order valence-corrected chi connectivity index (χ0v) is 16.4. The van der Waals surface area contributed by atoms with Gasteiger partial charge in [0.2, 0.25) is 0 Å². The van der Waals surface area contributed by atoms with Crippen molar-refractivity contribution in [2.75, 3.05) is 12.9 Å². The molecule has 0 atom stereocenters. The van der Waals surface area contributed by atoms with E-state index in [9.17, 15) is 9.18 Å². The molecule has 1 saturated carbocycles. The molecule has 8 heteroatoms. The van der Waals surface area contributed by atoms with Crippen molar-refractivity contribution in [1.82, 2.24) is 14.8 Å². The summed E-state index contributed by atoms with van der Waals surface area (Å²) in [6.07, 6.45) is 2.97. The highest BCUT2D eigenvalue weighted by Crippen LogP contribution is 2.39. The number of rotatable bonds is 8. The largest absolute Gasteiger partial charge is 0.494 e. The third-order valence-electron chi connectivity index (χ3n) is 4.37. The molecule has 1 fully saturated rings. The molecule has 1 aliphatic rings. The lowest BCUT2D eigenvalue weighted by Crippen LogP contribution is -2.07. The number of benzene rings is 1. The van der Waals surface area contributed by atoms with Crippen molar-refractivity contribution in [3.05, 3.63) is 57.8 Å². The molecule has 0 spiro atoms. The maximum atomic E-state index is 13.8. The van der Waals surface area contributed by atoms with E-state index in [1.165, 1.54) is 35.9 Å². The number of carbonyl (C=O) groups is 1. The van der Waals surface area contributed by atoms with Crippen LogP contribution in [-0.2, 0) is 6.42 Å². The lowest BCUT2D eigenvalue weighted by atomic mass is 10.1. The zero-order chi connectivity index (χ0) is 18.8. The fraction of sp³-hybridized carbons (Fsp3) is 0.316. The minimum atomic E-state index is -0.535. The molecule has 140 valence electrons. The second-order valence-electron chi connectivity index (χ2n) is 6.32. The van der Waals surface area contributed by atoms with Crippen LogP contribution in [0.1, 0.15) is 39.9 Å². The van der Waals surface area contributed by atoms with Gasteiger partial charge in [-0.05, 0) is 42.5 Å². The molecule has 1 aliphatic carbocycles. The Morgan fingerprint density at radius 1 is 1.37 bits per heavy atom. The summed E-state index contributed by atoms with van der Waals surface area (Å²) in [5, 5.41) is 11.5. The normalized spacial score (nSPS) is 13.7. The number of hydrogen-bond donors (Lipinski definition) is 0. The van der Waals surface area contributed by atoms with Gasteiger partial charge in [-0.15, -0.1) is 21.5 Å². The summed E-state index contributed by atoms with van der Waals surface area (Å²) >= 11 is 3.06. The molecule has 0 unspecified atom stereocenters. The molecule has 0 amide bonds. The number of ketones is 1. The Morgan fingerprint density at radius 3 is 2.89 bits per heavy atom. The summed E-state index contributed by atoms with van der Waals surface area (Å²) in [6.45, 7) is 0. The van der Waals surface area contributed by atoms with Crippen molar-refractivity contribution in [2.24, 2.45) is 0 Å². The lowest BCUT2D eigenvalue weighted by Gasteiger charge is -2.08. The number of hydrogen-bond acceptors (Lipinski definition) is 6. The Bertz CT molecular complexity index is 952. The molecular formula is C19H18FN3O2S2. The summed E-state index contributed by atoms with van der Waals surface area (Å²) < 4.78 is 20.9. The Labute approximate surface area is 164 Å². The number of methoxy groups -OCH3 is 1. The van der Waals surface area contributed by atoms with Crippen LogP contribution in [0.5, 0.6) is 5.75 Å². The van der Waals surface area contributed by atoms with Gasteiger partial charge in [0.25, 0.3) is 0 Å². The van der Waals surface area contributed by atoms with Crippen LogP contribution in [0.3, 0.4) is 0 Å². The number of halogens is 1. The van der Waals surface area contributed by atoms with Gasteiger partial charge in [-0.3, -0.25) is 4.79 Å². The molecule has 1 aromatic carbocycles. The average Bonchev–Trinajstić information content (AvgIpc) is 3.22. The van der Waals surface area contributed by atoms with Gasteiger partial charge in [0, 0.05) is 22.9 Å². The molecule has 0 aliphatic heterocycles. The molecule has 0 N–H and O–H groups in total. The molecule has 5 nitrogen and oxygen atoms in total. The summed E-state index contributed by atoms with van der Waals surface area (Å²) in [5.41, 5.74) is 0.331. The van der Waals surface area contributed by atoms with Gasteiger partial charge in [0.15, 0.2) is 22.5 Å². The van der Waals surface area contributed by atoms with Crippen LogP contribution in [-0.4, -0.2) is 33.4 Å². The van der Waals surface area contributed by atoms with Gasteiger partial charge in [-0.1, -0.05) is 17.8 Å². The Balaban J connectivity index is 1.47. The van der Waals surface area contributed by atoms with E-state index in [1.54, 1.807) is 17.4 Å². The zero-order valence-electron chi connectivity index (χ0n) is 14.7. The van der Waals surface area contributed by atoms with Gasteiger partial charge in [-0.25, -0.2) is 4.39 Å². The summed E-state index contributed by atoms with van der Waals surface area (Å²) in [6, 6.07) is 8.81. The van der Waals surface area contributed by atoms with Gasteiger partial charge >= 0.3 is 0 Å². The van der Waals surface area contributed by atoms with Crippen LogP contribution in [0.15, 0.2) is 40.9 Å². The third-order valence-corrected chi connectivity index (χ3v) is 6.19. The van der Waals surface area contributed by atoms with Gasteiger partial charge in [0.1, 0.15) is 5.82 Å². The van der Waals surface area contributed by atoms with E-state index < -0.39 is 5.82 Å². The number of ether oxygens (including phenoxy) is 1. The Hall–Kier alpha value is -2.19. The fourth-order valence-corrected chi connectivity index (χ4v) is 4.47. The van der Waals surface area contributed by atoms with Crippen LogP contribution in [0.4, 0.5) is 4.39 Å². The Morgan fingerprint density at radius 2 is 2.22 bits per heavy atom. The fourth-order valence-electron chi connectivity index (χ4n) is 2.85. The summed E-state index contributed by atoms with van der Waals surface area (Å²) in [5.74, 6) is 0.575. The highest BCUT2D eigenvalue weighted by Gasteiger charge is 2.30. The second kappa shape index (κ2) is 7.82. The maximum absolute atomic E-state index is 13.8. The highest BCUT2D eigenvalue weighted by atomic mass is 32.2. The van der Waals surface area contributed by atoms with Crippen molar-refractivity contribution in [2.45, 2.75) is 30.5 Å². The SMILES string of the molecule is COc1ccc(C(=O)CSc2nnc(Cc3cccs3)n2C2CC2)cc1F. The van der Waals surface area contributed by atoms with E-state index in [0.717, 1.165) is 30.2 Å². The van der Waals surface area contributed by atoms with E-state index in [-0.39, 0.29) is 17.3 Å². The van der Waals surface area contributed by atoms with Gasteiger partial charge < -0.3 is 9.30 Å². The summed E-state index contributed by atoms with van der Waals surface area (Å²) in [4.78, 5) is 13.7. The first-order chi connectivity index (χ1) is 13.2. The van der Waals surface area contributed by atoms with Crippen LogP contribution in [0.2, 0.25) is 0 Å². The topological polar surface area (TPSA) is 57.0 Å². The van der Waals surface area contributed by atoms with Crippen molar-refractivity contribution in [3.8, 4) is 5.75 Å². The van der Waals surface area contributed by atoms with E-state index >= 15 is 0 Å². The van der Waals surface area contributed by atoms with Crippen LogP contribution in [0.25, 0.3) is 0 Å². The minimum Gasteiger partial charge on any atom is -0.494 e. The van der Waals surface area contributed by atoms with Crippen LogP contribution in [0, 0.1) is 5.82 Å². The summed E-state index contributed by atoms with van der Waals surface area (Å²) in [7, 11) is 1.40. The molecule has 3 aromatic rings. The standard InChI is InChI=1S/C19H18FN3O2S2/c1-25-17-7-4-12(9-15(17)20)16(24)11-27-19-22-21-18(23(19)13-5-6-13)10-14-3-2-8-26-14/h2-4,7-9,13H,5-6,10-11H2,1H3. The van der Waals surface area contributed by atoms with Gasteiger partial charge in [-0.2, -0.15) is 0 Å². The van der Waals surface area contributed by atoms with Crippen LogP contribution >= 0.6 is 23.1 Å². The first-order valence-electron chi connectivity index (χ1n) is 8.61. The van der Waals surface area contributed by atoms with Crippen LogP contribution < -0.4 is 4.74 Å². The first-order valence-corrected chi connectivity index (χ1v) is 10.5. The third kappa shape index (κ3) is 4.06. The Kier molecular flexibility index (Phi) is 5.27. The molecular weight excluding hydrogens is 385 g/mol. The molecule has 27 heavy (non-hydrogen) atoms.